The second kappa shape index (κ2) is 3.77. The zero-order valence-corrected chi connectivity index (χ0v) is 8.33. The topological polar surface area (TPSA) is 45.0 Å². The highest BCUT2D eigenvalue weighted by Gasteiger charge is 2.25. The van der Waals surface area contributed by atoms with Crippen LogP contribution in [0.2, 0.25) is 0 Å². The Kier molecular flexibility index (Phi) is 2.46. The predicted molar refractivity (Wildman–Crippen MR) is 54.1 cm³/mol. The van der Waals surface area contributed by atoms with Gasteiger partial charge in [0, 0.05) is 6.07 Å². The minimum absolute atomic E-state index is 0.0580. The Bertz CT molecular complexity index is 414. The van der Waals surface area contributed by atoms with Crippen LogP contribution >= 0.6 is 0 Å². The zero-order chi connectivity index (χ0) is 10.8. The number of nitrogens with one attached hydrogen (secondary N) is 1. The van der Waals surface area contributed by atoms with Gasteiger partial charge in [0.05, 0.1) is 24.2 Å². The lowest BCUT2D eigenvalue weighted by molar-refractivity contribution is 0.178. The number of fused-ring (bicyclic) bond motifs is 1. The number of ether oxygens (including phenoxy) is 1. The lowest BCUT2D eigenvalue weighted by Gasteiger charge is -2.31. The third kappa shape index (κ3) is 1.86. The molecule has 1 aromatic carbocycles. The summed E-state index contributed by atoms with van der Waals surface area (Å²) in [4.78, 5) is 0. The molecule has 2 unspecified atom stereocenters. The first-order valence-electron chi connectivity index (χ1n) is 4.80. The molecule has 0 saturated heterocycles. The highest BCUT2D eigenvalue weighted by Crippen LogP contribution is 2.32. The fourth-order valence-electron chi connectivity index (χ4n) is 1.62. The van der Waals surface area contributed by atoms with Gasteiger partial charge in [0.25, 0.3) is 0 Å². The van der Waals surface area contributed by atoms with Crippen LogP contribution in [0.3, 0.4) is 0 Å². The molecule has 0 radical (unpaired) electrons. The van der Waals surface area contributed by atoms with Crippen molar-refractivity contribution in [1.82, 2.24) is 0 Å². The van der Waals surface area contributed by atoms with Gasteiger partial charge in [0.2, 0.25) is 0 Å². The van der Waals surface area contributed by atoms with Crippen molar-refractivity contribution < 1.29 is 9.13 Å². The normalized spacial score (nSPS) is 23.3. The molecular formula is C11H11FN2O. The molecule has 2 rings (SSSR count). The van der Waals surface area contributed by atoms with Crippen LogP contribution < -0.4 is 10.1 Å². The average molecular weight is 206 g/mol. The number of anilines is 1. The van der Waals surface area contributed by atoms with Gasteiger partial charge in [0.15, 0.2) is 0 Å². The lowest BCUT2D eigenvalue weighted by atomic mass is 10.1. The summed E-state index contributed by atoms with van der Waals surface area (Å²) in [5.41, 5.74) is 0.776. The van der Waals surface area contributed by atoms with Crippen LogP contribution in [0.4, 0.5) is 10.1 Å². The first-order chi connectivity index (χ1) is 7.20. The van der Waals surface area contributed by atoms with Gasteiger partial charge in [-0.15, -0.1) is 0 Å². The van der Waals surface area contributed by atoms with Gasteiger partial charge < -0.3 is 10.1 Å². The number of nitrogens with zero attached hydrogens (tertiary/aromatic N) is 1. The molecule has 0 aromatic heterocycles. The standard InChI is InChI=1S/C11H11FN2O/c1-7-10(4-5-13)15-11-6-8(12)2-3-9(11)14-7/h2-3,6-7,10,14H,4H2,1H3. The number of hydrogen-bond donors (Lipinski definition) is 1. The minimum atomic E-state index is -0.333. The fourth-order valence-corrected chi connectivity index (χ4v) is 1.62. The van der Waals surface area contributed by atoms with Crippen LogP contribution in [0, 0.1) is 17.1 Å². The maximum absolute atomic E-state index is 12.9. The van der Waals surface area contributed by atoms with Gasteiger partial charge >= 0.3 is 0 Å². The molecule has 1 aliphatic rings. The Morgan fingerprint density at radius 1 is 1.60 bits per heavy atom. The second-order valence-electron chi connectivity index (χ2n) is 3.59. The molecule has 0 spiro atoms. The summed E-state index contributed by atoms with van der Waals surface area (Å²) in [5, 5.41) is 11.8. The van der Waals surface area contributed by atoms with E-state index in [9.17, 15) is 4.39 Å². The van der Waals surface area contributed by atoms with Crippen molar-refractivity contribution in [3.63, 3.8) is 0 Å². The van der Waals surface area contributed by atoms with E-state index in [-0.39, 0.29) is 18.0 Å². The van der Waals surface area contributed by atoms with Gasteiger partial charge in [-0.3, -0.25) is 0 Å². The van der Waals surface area contributed by atoms with E-state index in [4.69, 9.17) is 10.00 Å². The average Bonchev–Trinajstić information content (AvgIpc) is 2.20. The Labute approximate surface area is 87.5 Å². The largest absolute Gasteiger partial charge is 0.485 e. The maximum Gasteiger partial charge on any atom is 0.145 e. The van der Waals surface area contributed by atoms with E-state index in [1.165, 1.54) is 12.1 Å². The molecule has 0 saturated carbocycles. The highest BCUT2D eigenvalue weighted by atomic mass is 19.1. The molecule has 2 atom stereocenters. The molecule has 0 fully saturated rings. The highest BCUT2D eigenvalue weighted by molar-refractivity contribution is 5.58. The van der Waals surface area contributed by atoms with Crippen LogP contribution in [0.25, 0.3) is 0 Å². The quantitative estimate of drug-likeness (QED) is 0.766. The summed E-state index contributed by atoms with van der Waals surface area (Å²) in [6, 6.07) is 6.47. The number of hydrogen-bond acceptors (Lipinski definition) is 3. The summed E-state index contributed by atoms with van der Waals surface area (Å²) in [6.07, 6.45) is 0.0775. The van der Waals surface area contributed by atoms with E-state index in [0.717, 1.165) is 5.69 Å². The smallest absolute Gasteiger partial charge is 0.145 e. The molecule has 1 N–H and O–H groups in total. The van der Waals surface area contributed by atoms with Crippen LogP contribution in [-0.2, 0) is 0 Å². The van der Waals surface area contributed by atoms with Crippen molar-refractivity contribution >= 4 is 5.69 Å². The number of nitriles is 1. The van der Waals surface area contributed by atoms with E-state index in [1.54, 1.807) is 6.07 Å². The molecule has 15 heavy (non-hydrogen) atoms. The molecule has 1 aromatic rings. The van der Waals surface area contributed by atoms with E-state index in [2.05, 4.69) is 11.4 Å². The zero-order valence-electron chi connectivity index (χ0n) is 8.33. The lowest BCUT2D eigenvalue weighted by Crippen LogP contribution is -2.39. The third-order valence-electron chi connectivity index (χ3n) is 2.46. The third-order valence-corrected chi connectivity index (χ3v) is 2.46. The van der Waals surface area contributed by atoms with E-state index < -0.39 is 0 Å². The van der Waals surface area contributed by atoms with Gasteiger partial charge in [-0.2, -0.15) is 5.26 Å². The molecule has 0 bridgehead atoms. The van der Waals surface area contributed by atoms with E-state index >= 15 is 0 Å². The summed E-state index contributed by atoms with van der Waals surface area (Å²) in [5.74, 6) is 0.147. The summed E-state index contributed by atoms with van der Waals surface area (Å²) in [6.45, 7) is 1.94. The van der Waals surface area contributed by atoms with Crippen molar-refractivity contribution in [1.29, 1.82) is 5.26 Å². The molecular weight excluding hydrogens is 195 g/mol. The van der Waals surface area contributed by atoms with Gasteiger partial charge in [-0.05, 0) is 19.1 Å². The molecule has 1 heterocycles. The van der Waals surface area contributed by atoms with Gasteiger partial charge in [0.1, 0.15) is 17.7 Å². The monoisotopic (exact) mass is 206 g/mol. The van der Waals surface area contributed by atoms with Crippen LogP contribution in [0.1, 0.15) is 13.3 Å². The molecule has 78 valence electrons. The molecule has 3 nitrogen and oxygen atoms in total. The van der Waals surface area contributed by atoms with Crippen molar-refractivity contribution in [2.75, 3.05) is 5.32 Å². The summed E-state index contributed by atoms with van der Waals surface area (Å²) < 4.78 is 18.5. The Morgan fingerprint density at radius 2 is 2.40 bits per heavy atom. The van der Waals surface area contributed by atoms with E-state index in [0.29, 0.717) is 12.2 Å². The van der Waals surface area contributed by atoms with E-state index in [1.807, 2.05) is 6.92 Å². The SMILES string of the molecule is CC1Nc2ccc(F)cc2OC1CC#N. The molecule has 4 heteroatoms. The first-order valence-corrected chi connectivity index (χ1v) is 4.80. The first kappa shape index (κ1) is 9.78. The number of rotatable bonds is 1. The predicted octanol–water partition coefficient (Wildman–Crippen LogP) is 2.30. The summed E-state index contributed by atoms with van der Waals surface area (Å²) >= 11 is 0. The van der Waals surface area contributed by atoms with Gasteiger partial charge in [-0.1, -0.05) is 0 Å². The van der Waals surface area contributed by atoms with Crippen LogP contribution in [-0.4, -0.2) is 12.1 Å². The minimum Gasteiger partial charge on any atom is -0.485 e. The van der Waals surface area contributed by atoms with Crippen molar-refractivity contribution in [3.8, 4) is 11.8 Å². The number of benzene rings is 1. The Balaban J connectivity index is 2.27. The fraction of sp³-hybridized carbons (Fsp3) is 0.364. The van der Waals surface area contributed by atoms with Crippen molar-refractivity contribution in [3.05, 3.63) is 24.0 Å². The maximum atomic E-state index is 12.9. The molecule has 0 aliphatic carbocycles. The molecule has 1 aliphatic heterocycles. The van der Waals surface area contributed by atoms with Crippen LogP contribution in [0.15, 0.2) is 18.2 Å². The second-order valence-corrected chi connectivity index (χ2v) is 3.59. The Morgan fingerprint density at radius 3 is 3.13 bits per heavy atom. The van der Waals surface area contributed by atoms with Crippen LogP contribution in [0.5, 0.6) is 5.75 Å². The Hall–Kier alpha value is -1.76. The van der Waals surface area contributed by atoms with Crippen molar-refractivity contribution in [2.45, 2.75) is 25.5 Å². The number of halogens is 1. The summed E-state index contributed by atoms with van der Waals surface area (Å²) in [7, 11) is 0. The molecule has 0 amide bonds. The van der Waals surface area contributed by atoms with Gasteiger partial charge in [-0.25, -0.2) is 4.39 Å². The van der Waals surface area contributed by atoms with Crippen molar-refractivity contribution in [2.24, 2.45) is 0 Å².